The molecule has 0 aromatic carbocycles. The zero-order valence-corrected chi connectivity index (χ0v) is 20.7. The molecule has 2 rings (SSSR count). The topological polar surface area (TPSA) is 116 Å². The van der Waals surface area contributed by atoms with Gasteiger partial charge in [-0.25, -0.2) is 9.78 Å². The van der Waals surface area contributed by atoms with E-state index in [1.807, 2.05) is 13.8 Å². The minimum atomic E-state index is -4.47. The number of nitrogens with zero attached hydrogens (tertiary/aromatic N) is 1. The van der Waals surface area contributed by atoms with Gasteiger partial charge in [0.2, 0.25) is 0 Å². The largest absolute Gasteiger partial charge is 0.503 e. The van der Waals surface area contributed by atoms with E-state index in [2.05, 4.69) is 10.3 Å². The first-order chi connectivity index (χ1) is 16.9. The number of pyridine rings is 1. The first-order valence-corrected chi connectivity index (χ1v) is 11.6. The fraction of sp³-hybridized carbons (Fsp3) is 0.625. The van der Waals surface area contributed by atoms with E-state index in [1.54, 1.807) is 6.92 Å². The lowest BCUT2D eigenvalue weighted by molar-refractivity contribution is -0.167. The van der Waals surface area contributed by atoms with Crippen molar-refractivity contribution in [1.82, 2.24) is 10.3 Å². The summed E-state index contributed by atoms with van der Waals surface area (Å²) in [5.74, 6) is -1.77. The van der Waals surface area contributed by atoms with E-state index in [0.29, 0.717) is 19.4 Å². The van der Waals surface area contributed by atoms with Crippen LogP contribution in [0.25, 0.3) is 0 Å². The molecule has 12 heteroatoms. The van der Waals surface area contributed by atoms with E-state index in [9.17, 15) is 27.9 Å². The molecule has 4 unspecified atom stereocenters. The molecule has 1 saturated heterocycles. The van der Waals surface area contributed by atoms with Crippen LogP contribution >= 0.6 is 0 Å². The fourth-order valence-corrected chi connectivity index (χ4v) is 3.65. The van der Waals surface area contributed by atoms with Crippen molar-refractivity contribution in [3.8, 4) is 11.5 Å². The van der Waals surface area contributed by atoms with Crippen LogP contribution in [-0.4, -0.2) is 72.8 Å². The summed E-state index contributed by atoms with van der Waals surface area (Å²) in [7, 11) is 1.32. The number of cyclic esters (lactones) is 1. The molecular weight excluding hydrogens is 485 g/mol. The monoisotopic (exact) mass is 518 g/mol. The zero-order chi connectivity index (χ0) is 26.9. The third kappa shape index (κ3) is 8.98. The van der Waals surface area contributed by atoms with Gasteiger partial charge in [-0.1, -0.05) is 19.9 Å². The molecule has 0 radical (unpaired) electrons. The number of amides is 1. The van der Waals surface area contributed by atoms with Gasteiger partial charge in [0.25, 0.3) is 5.91 Å². The first-order valence-electron chi connectivity index (χ1n) is 11.6. The Kier molecular flexibility index (Phi) is 11.0. The summed E-state index contributed by atoms with van der Waals surface area (Å²) in [6, 6.07) is 0.325. The van der Waals surface area contributed by atoms with Gasteiger partial charge in [0.05, 0.1) is 19.8 Å². The van der Waals surface area contributed by atoms with E-state index in [1.165, 1.54) is 19.4 Å². The lowest BCUT2D eigenvalue weighted by atomic mass is 10.0. The minimum absolute atomic E-state index is 0.0468. The molecule has 9 nitrogen and oxygen atoms in total. The lowest BCUT2D eigenvalue weighted by Crippen LogP contribution is -2.45. The van der Waals surface area contributed by atoms with Gasteiger partial charge >= 0.3 is 12.1 Å². The maximum atomic E-state index is 12.9. The van der Waals surface area contributed by atoms with Gasteiger partial charge in [0.1, 0.15) is 18.2 Å². The highest BCUT2D eigenvalue weighted by Gasteiger charge is 2.36. The van der Waals surface area contributed by atoms with Crippen molar-refractivity contribution >= 4 is 11.9 Å². The second-order valence-electron chi connectivity index (χ2n) is 8.82. The molecule has 1 aromatic heterocycles. The highest BCUT2D eigenvalue weighted by atomic mass is 19.4. The van der Waals surface area contributed by atoms with Crippen LogP contribution in [0.1, 0.15) is 50.5 Å². The Hall–Kier alpha value is -2.86. The highest BCUT2D eigenvalue weighted by Crippen LogP contribution is 2.28. The van der Waals surface area contributed by atoms with Crippen molar-refractivity contribution in [3.63, 3.8) is 0 Å². The van der Waals surface area contributed by atoms with E-state index in [0.717, 1.165) is 6.08 Å². The Bertz CT molecular complexity index is 908. The van der Waals surface area contributed by atoms with Crippen molar-refractivity contribution < 1.29 is 46.8 Å². The van der Waals surface area contributed by atoms with Crippen LogP contribution in [0, 0.1) is 5.92 Å². The second kappa shape index (κ2) is 13.4. The van der Waals surface area contributed by atoms with Crippen LogP contribution in [0.3, 0.4) is 0 Å². The number of methoxy groups -OCH3 is 1. The van der Waals surface area contributed by atoms with Gasteiger partial charge in [0.15, 0.2) is 17.2 Å². The van der Waals surface area contributed by atoms with Gasteiger partial charge in [-0.3, -0.25) is 4.79 Å². The Morgan fingerprint density at radius 3 is 2.69 bits per heavy atom. The molecule has 4 atom stereocenters. The Morgan fingerprint density at radius 2 is 2.06 bits per heavy atom. The number of rotatable bonds is 9. The smallest absolute Gasteiger partial charge is 0.409 e. The number of hydrogen-bond donors (Lipinski definition) is 2. The SMILES string of the molecule is COc1ccnc(C(=O)NC2CCCC(OCC(C)C)C(OCC=CC(F)(F)F)C(C)OC2=O)c1O. The molecule has 1 aliphatic heterocycles. The van der Waals surface area contributed by atoms with Crippen LogP contribution in [0.15, 0.2) is 24.4 Å². The van der Waals surface area contributed by atoms with Crippen LogP contribution < -0.4 is 10.1 Å². The number of esters is 1. The molecule has 1 fully saturated rings. The number of aromatic hydroxyl groups is 1. The summed E-state index contributed by atoms with van der Waals surface area (Å²) in [6.07, 6.45) is -3.49. The molecule has 2 heterocycles. The number of carbonyl (C=O) groups is 2. The molecule has 2 N–H and O–H groups in total. The van der Waals surface area contributed by atoms with Crippen molar-refractivity contribution in [1.29, 1.82) is 0 Å². The molecule has 0 saturated carbocycles. The van der Waals surface area contributed by atoms with Gasteiger partial charge in [-0.2, -0.15) is 13.2 Å². The quantitative estimate of drug-likeness (QED) is 0.377. The standard InChI is InChI=1S/C24H33F3N2O7/c1-14(2)13-35-18-8-5-7-16(29-22(31)19-20(30)17(33-4)9-11-28-19)23(32)36-15(3)21(18)34-12-6-10-24(25,26)27/h6,9-11,14-16,18,21,30H,5,7-8,12-13H2,1-4H3,(H,29,31). The summed E-state index contributed by atoms with van der Waals surface area (Å²) in [4.78, 5) is 29.5. The summed E-state index contributed by atoms with van der Waals surface area (Å²) < 4.78 is 59.5. The average Bonchev–Trinajstić information content (AvgIpc) is 2.84. The van der Waals surface area contributed by atoms with E-state index < -0.39 is 48.2 Å². The number of nitrogens with one attached hydrogen (secondary N) is 1. The van der Waals surface area contributed by atoms with Gasteiger partial charge in [-0.05, 0) is 32.1 Å². The molecule has 1 aromatic rings. The van der Waals surface area contributed by atoms with Crippen LogP contribution in [0.4, 0.5) is 13.2 Å². The normalized spacial score (nSPS) is 23.6. The number of hydrogen-bond acceptors (Lipinski definition) is 8. The zero-order valence-electron chi connectivity index (χ0n) is 20.7. The average molecular weight is 519 g/mol. The van der Waals surface area contributed by atoms with Crippen molar-refractivity contribution in [2.75, 3.05) is 20.3 Å². The number of ether oxygens (including phenoxy) is 4. The molecule has 0 spiro atoms. The maximum absolute atomic E-state index is 12.9. The number of halogens is 3. The number of carbonyl (C=O) groups excluding carboxylic acids is 2. The Labute approximate surface area is 208 Å². The predicted molar refractivity (Wildman–Crippen MR) is 123 cm³/mol. The van der Waals surface area contributed by atoms with E-state index in [-0.39, 0.29) is 36.5 Å². The number of allylic oxidation sites excluding steroid dienone is 1. The molecule has 1 amide bonds. The van der Waals surface area contributed by atoms with Gasteiger partial charge in [-0.15, -0.1) is 0 Å². The summed E-state index contributed by atoms with van der Waals surface area (Å²) >= 11 is 0. The van der Waals surface area contributed by atoms with Crippen molar-refractivity contribution in [2.24, 2.45) is 5.92 Å². The lowest BCUT2D eigenvalue weighted by Gasteiger charge is -2.31. The summed E-state index contributed by atoms with van der Waals surface area (Å²) in [6.45, 7) is 5.49. The Balaban J connectivity index is 2.17. The maximum Gasteiger partial charge on any atom is 0.409 e. The van der Waals surface area contributed by atoms with Crippen molar-refractivity contribution in [3.05, 3.63) is 30.1 Å². The minimum Gasteiger partial charge on any atom is -0.503 e. The molecule has 0 aliphatic carbocycles. The molecule has 0 bridgehead atoms. The third-order valence-corrected chi connectivity index (χ3v) is 5.36. The predicted octanol–water partition coefficient (Wildman–Crippen LogP) is 3.55. The van der Waals surface area contributed by atoms with E-state index >= 15 is 0 Å². The first kappa shape index (κ1) is 29.4. The second-order valence-corrected chi connectivity index (χ2v) is 8.82. The van der Waals surface area contributed by atoms with Gasteiger partial charge in [0, 0.05) is 24.9 Å². The molecule has 1 aliphatic rings. The van der Waals surface area contributed by atoms with Crippen LogP contribution in [0.2, 0.25) is 0 Å². The van der Waals surface area contributed by atoms with Crippen LogP contribution in [-0.2, 0) is 19.0 Å². The number of alkyl halides is 3. The summed E-state index contributed by atoms with van der Waals surface area (Å²) in [5.41, 5.74) is -0.314. The molecular formula is C24H33F3N2O7. The van der Waals surface area contributed by atoms with E-state index in [4.69, 9.17) is 18.9 Å². The third-order valence-electron chi connectivity index (χ3n) is 5.36. The van der Waals surface area contributed by atoms with Gasteiger partial charge < -0.3 is 29.4 Å². The summed E-state index contributed by atoms with van der Waals surface area (Å²) in [5, 5.41) is 12.7. The fourth-order valence-electron chi connectivity index (χ4n) is 3.65. The number of aromatic nitrogens is 1. The molecule has 36 heavy (non-hydrogen) atoms. The van der Waals surface area contributed by atoms with Crippen LogP contribution in [0.5, 0.6) is 11.5 Å². The van der Waals surface area contributed by atoms with Crippen molar-refractivity contribution in [2.45, 2.75) is 70.6 Å². The highest BCUT2D eigenvalue weighted by molar-refractivity contribution is 5.97. The Morgan fingerprint density at radius 1 is 1.33 bits per heavy atom. The molecule has 202 valence electrons.